The molecule has 0 spiro atoms. The second-order valence-electron chi connectivity index (χ2n) is 10.9. The summed E-state index contributed by atoms with van der Waals surface area (Å²) in [5.41, 5.74) is -1.17. The van der Waals surface area contributed by atoms with E-state index in [4.69, 9.17) is 3.63 Å². The number of hydrogen-bond donors (Lipinski definition) is 0. The first kappa shape index (κ1) is 24.2. The lowest BCUT2D eigenvalue weighted by Gasteiger charge is -2.46. The van der Waals surface area contributed by atoms with Crippen LogP contribution in [-0.4, -0.2) is 42.0 Å². The minimum Gasteiger partial charge on any atom is -0.299 e. The molecular formula is C23H40O5S2. The van der Waals surface area contributed by atoms with Crippen LogP contribution in [0.1, 0.15) is 86.5 Å². The second kappa shape index (κ2) is 8.18. The molecule has 30 heavy (non-hydrogen) atoms. The van der Waals surface area contributed by atoms with Gasteiger partial charge in [-0.2, -0.15) is 8.42 Å². The molecule has 2 unspecified atom stereocenters. The minimum absolute atomic E-state index is 0.0465. The number of carbonyl (C=O) groups excluding carboxylic acids is 2. The number of carbonyl (C=O) groups is 2. The Kier molecular flexibility index (Phi) is 6.61. The minimum atomic E-state index is -3.97. The molecule has 7 heteroatoms. The second-order valence-corrected chi connectivity index (χ2v) is 16.6. The highest BCUT2D eigenvalue weighted by Crippen LogP contribution is 2.65. The van der Waals surface area contributed by atoms with E-state index in [2.05, 4.69) is 0 Å². The van der Waals surface area contributed by atoms with Crippen LogP contribution in [0.2, 0.25) is 0 Å². The number of ketones is 2. The maximum absolute atomic E-state index is 13.5. The molecule has 0 radical (unpaired) electrons. The lowest BCUT2D eigenvalue weighted by atomic mass is 9.70. The first-order valence-corrected chi connectivity index (χ1v) is 15.0. The van der Waals surface area contributed by atoms with Crippen LogP contribution in [0, 0.1) is 22.7 Å². The summed E-state index contributed by atoms with van der Waals surface area (Å²) in [6.45, 7) is 12.0. The van der Waals surface area contributed by atoms with Crippen LogP contribution in [0.15, 0.2) is 0 Å². The third kappa shape index (κ3) is 3.92. The van der Waals surface area contributed by atoms with E-state index in [0.29, 0.717) is 12.8 Å². The van der Waals surface area contributed by atoms with Gasteiger partial charge in [0.1, 0.15) is 11.6 Å². The first-order chi connectivity index (χ1) is 13.8. The Morgan fingerprint density at radius 1 is 1.07 bits per heavy atom. The van der Waals surface area contributed by atoms with Gasteiger partial charge in [-0.25, -0.2) is 3.63 Å². The standard InChI is InChI=1S/C23H40O5S2/c1-16(2)29(17(3)4,14-20(24)18-9-7-8-10-18)28-30(26,27)15-23-12-11-19(13-21(23)25)22(23,5)6/h16-19H,7-15H2,1-6H3. The molecule has 3 fully saturated rings. The Hall–Kier alpha value is -0.400. The summed E-state index contributed by atoms with van der Waals surface area (Å²) in [7, 11) is -6.16. The number of hydrogen-bond acceptors (Lipinski definition) is 5. The van der Waals surface area contributed by atoms with E-state index < -0.39 is 25.8 Å². The quantitative estimate of drug-likeness (QED) is 0.482. The molecule has 0 aromatic rings. The van der Waals surface area contributed by atoms with Gasteiger partial charge < -0.3 is 0 Å². The zero-order valence-corrected chi connectivity index (χ0v) is 21.2. The molecule has 2 atom stereocenters. The van der Waals surface area contributed by atoms with Crippen molar-refractivity contribution in [1.29, 1.82) is 0 Å². The Morgan fingerprint density at radius 2 is 1.63 bits per heavy atom. The van der Waals surface area contributed by atoms with E-state index in [1.54, 1.807) is 0 Å². The van der Waals surface area contributed by atoms with E-state index in [9.17, 15) is 18.0 Å². The maximum atomic E-state index is 13.5. The van der Waals surface area contributed by atoms with Crippen molar-refractivity contribution >= 4 is 32.0 Å². The zero-order valence-electron chi connectivity index (χ0n) is 19.5. The summed E-state index contributed by atoms with van der Waals surface area (Å²) in [4.78, 5) is 25.9. The van der Waals surface area contributed by atoms with E-state index in [0.717, 1.165) is 32.1 Å². The Morgan fingerprint density at radius 3 is 2.07 bits per heavy atom. The fourth-order valence-corrected chi connectivity index (χ4v) is 13.2. The molecule has 0 heterocycles. The molecule has 0 saturated heterocycles. The molecule has 174 valence electrons. The third-order valence-electron chi connectivity index (χ3n) is 8.57. The van der Waals surface area contributed by atoms with Crippen LogP contribution in [0.5, 0.6) is 0 Å². The Balaban J connectivity index is 1.88. The molecule has 3 aliphatic carbocycles. The van der Waals surface area contributed by atoms with Crippen LogP contribution >= 0.6 is 10.3 Å². The molecule has 0 amide bonds. The number of fused-ring (bicyclic) bond motifs is 2. The van der Waals surface area contributed by atoms with Crippen molar-refractivity contribution in [3.05, 3.63) is 0 Å². The lowest BCUT2D eigenvalue weighted by Crippen LogP contribution is -2.44. The van der Waals surface area contributed by atoms with Gasteiger partial charge in [-0.15, -0.1) is 10.3 Å². The van der Waals surface area contributed by atoms with Gasteiger partial charge in [-0.05, 0) is 37.0 Å². The lowest BCUT2D eigenvalue weighted by molar-refractivity contribution is -0.128. The van der Waals surface area contributed by atoms with Crippen molar-refractivity contribution in [2.24, 2.45) is 22.7 Å². The van der Waals surface area contributed by atoms with E-state index >= 15 is 0 Å². The van der Waals surface area contributed by atoms with Crippen molar-refractivity contribution in [3.8, 4) is 0 Å². The van der Waals surface area contributed by atoms with Gasteiger partial charge in [0.15, 0.2) is 0 Å². The van der Waals surface area contributed by atoms with Crippen LogP contribution < -0.4 is 0 Å². The zero-order chi connectivity index (χ0) is 22.5. The first-order valence-electron chi connectivity index (χ1n) is 11.6. The normalized spacial score (nSPS) is 30.0. The van der Waals surface area contributed by atoms with Gasteiger partial charge in [0.25, 0.3) is 10.1 Å². The van der Waals surface area contributed by atoms with Gasteiger partial charge >= 0.3 is 0 Å². The molecule has 5 nitrogen and oxygen atoms in total. The largest absolute Gasteiger partial charge is 0.299 e. The van der Waals surface area contributed by atoms with E-state index in [1.807, 2.05) is 41.5 Å². The summed E-state index contributed by atoms with van der Waals surface area (Å²) < 4.78 is 33.0. The number of rotatable bonds is 9. The molecule has 0 aromatic heterocycles. The summed E-state index contributed by atoms with van der Waals surface area (Å²) in [6, 6.07) is 0. The average Bonchev–Trinajstić information content (AvgIpc) is 3.27. The number of Topliss-reactive ketones (excluding diaryl/α,β-unsaturated/α-hetero) is 2. The Labute approximate surface area is 184 Å². The predicted octanol–water partition coefficient (Wildman–Crippen LogP) is 5.02. The molecule has 3 aliphatic rings. The maximum Gasteiger partial charge on any atom is 0.277 e. The van der Waals surface area contributed by atoms with Gasteiger partial charge in [0, 0.05) is 22.8 Å². The fraction of sp³-hybridized carbons (Fsp3) is 0.913. The van der Waals surface area contributed by atoms with Crippen molar-refractivity contribution in [3.63, 3.8) is 0 Å². The monoisotopic (exact) mass is 460 g/mol. The van der Waals surface area contributed by atoms with Gasteiger partial charge in [-0.3, -0.25) is 9.59 Å². The fourth-order valence-electron chi connectivity index (χ4n) is 6.27. The molecule has 3 saturated carbocycles. The van der Waals surface area contributed by atoms with Gasteiger partial charge in [0.05, 0.1) is 16.9 Å². The SMILES string of the molecule is CC(C)S(CC(=O)C1CCCC1)(OS(=O)(=O)CC12CCC(CC1=O)C2(C)C)C(C)C. The van der Waals surface area contributed by atoms with Gasteiger partial charge in [-0.1, -0.05) is 54.4 Å². The summed E-state index contributed by atoms with van der Waals surface area (Å²) >= 11 is 0. The predicted molar refractivity (Wildman–Crippen MR) is 123 cm³/mol. The van der Waals surface area contributed by atoms with Crippen molar-refractivity contribution in [2.45, 2.75) is 97.0 Å². The molecule has 3 rings (SSSR count). The van der Waals surface area contributed by atoms with Crippen LogP contribution in [0.4, 0.5) is 0 Å². The van der Waals surface area contributed by atoms with Crippen LogP contribution in [0.25, 0.3) is 0 Å². The molecule has 2 bridgehead atoms. The Bertz CT molecular complexity index is 784. The molecule has 0 aromatic carbocycles. The molecule has 0 aliphatic heterocycles. The van der Waals surface area contributed by atoms with E-state index in [1.165, 1.54) is 0 Å². The van der Waals surface area contributed by atoms with Gasteiger partial charge in [0.2, 0.25) is 0 Å². The highest BCUT2D eigenvalue weighted by Gasteiger charge is 2.65. The molecule has 0 N–H and O–H groups in total. The van der Waals surface area contributed by atoms with Crippen LogP contribution in [0.3, 0.4) is 0 Å². The summed E-state index contributed by atoms with van der Waals surface area (Å²) in [5.74, 6) is 0.513. The summed E-state index contributed by atoms with van der Waals surface area (Å²) in [6.07, 6.45) is 5.97. The van der Waals surface area contributed by atoms with E-state index in [-0.39, 0.29) is 50.8 Å². The van der Waals surface area contributed by atoms with Crippen molar-refractivity contribution in [2.75, 3.05) is 11.5 Å². The smallest absolute Gasteiger partial charge is 0.277 e. The van der Waals surface area contributed by atoms with Crippen molar-refractivity contribution < 1.29 is 21.6 Å². The highest BCUT2D eigenvalue weighted by molar-refractivity contribution is 8.34. The topological polar surface area (TPSA) is 77.5 Å². The highest BCUT2D eigenvalue weighted by atomic mass is 32.3. The van der Waals surface area contributed by atoms with Crippen LogP contribution in [-0.2, 0) is 23.3 Å². The summed E-state index contributed by atoms with van der Waals surface area (Å²) in [5, 5.41) is -0.113. The molecular weight excluding hydrogens is 420 g/mol. The van der Waals surface area contributed by atoms with Crippen molar-refractivity contribution in [1.82, 2.24) is 0 Å². The third-order valence-corrected chi connectivity index (χ3v) is 15.2. The average molecular weight is 461 g/mol.